The molecule has 1 aliphatic rings. The molecule has 0 saturated heterocycles. The summed E-state index contributed by atoms with van der Waals surface area (Å²) in [5, 5.41) is 0.516. The summed E-state index contributed by atoms with van der Waals surface area (Å²) >= 11 is 9.66. The summed E-state index contributed by atoms with van der Waals surface area (Å²) in [5.74, 6) is -1.30. The van der Waals surface area contributed by atoms with Crippen LogP contribution in [0.4, 0.5) is 5.69 Å². The van der Waals surface area contributed by atoms with E-state index in [2.05, 4.69) is 15.9 Å². The molecular weight excluding hydrogens is 398 g/mol. The molecule has 126 valence electrons. The largest absolute Gasteiger partial charge is 0.465 e. The number of carbonyl (C=O) groups is 2. The lowest BCUT2D eigenvalue weighted by molar-refractivity contribution is -0.139. The topological polar surface area (TPSA) is 55.8 Å². The second-order valence-electron chi connectivity index (χ2n) is 4.82. The average Bonchev–Trinajstić information content (AvgIpc) is 2.81. The highest BCUT2D eigenvalue weighted by molar-refractivity contribution is 9.10. The number of carbonyl (C=O) groups excluding carboxylic acids is 2. The van der Waals surface area contributed by atoms with E-state index < -0.39 is 11.9 Å². The number of halogens is 2. The molecule has 0 unspecified atom stereocenters. The van der Waals surface area contributed by atoms with Crippen molar-refractivity contribution in [3.8, 4) is 0 Å². The number of hydrogen-bond acceptors (Lipinski definition) is 5. The number of allylic oxidation sites excluding steroid dienone is 2. The molecule has 1 aromatic carbocycles. The second-order valence-corrected chi connectivity index (χ2v) is 6.05. The summed E-state index contributed by atoms with van der Waals surface area (Å²) in [5.41, 5.74) is 1.52. The van der Waals surface area contributed by atoms with Gasteiger partial charge in [0, 0.05) is 10.7 Å². The van der Waals surface area contributed by atoms with Gasteiger partial charge in [-0.15, -0.1) is 0 Å². The Morgan fingerprint density at radius 3 is 2.42 bits per heavy atom. The van der Waals surface area contributed by atoms with Crippen LogP contribution in [0.5, 0.6) is 0 Å². The summed E-state index contributed by atoms with van der Waals surface area (Å²) in [6.45, 7) is 1.82. The first-order chi connectivity index (χ1) is 11.4. The standard InChI is InChI=1S/C17H15BrClNO4/c1-10-13(8-7-12(18)14(10)19)20-9-5-4-6-11(16(21)23-2)15(20)17(22)24-3/h4-9H,1-3H3. The molecular formula is C17H15BrClNO4. The Labute approximate surface area is 153 Å². The zero-order valence-electron chi connectivity index (χ0n) is 13.3. The van der Waals surface area contributed by atoms with Crippen LogP contribution < -0.4 is 4.90 Å². The summed E-state index contributed by atoms with van der Waals surface area (Å²) in [6, 6.07) is 3.56. The maximum atomic E-state index is 12.4. The van der Waals surface area contributed by atoms with E-state index in [4.69, 9.17) is 21.1 Å². The minimum atomic E-state index is -0.662. The molecule has 0 saturated carbocycles. The number of esters is 2. The number of nitrogens with zero attached hydrogens (tertiary/aromatic N) is 1. The monoisotopic (exact) mass is 411 g/mol. The van der Waals surface area contributed by atoms with Crippen molar-refractivity contribution in [3.05, 3.63) is 62.9 Å². The van der Waals surface area contributed by atoms with Gasteiger partial charge in [-0.05, 0) is 52.7 Å². The van der Waals surface area contributed by atoms with Gasteiger partial charge in [-0.3, -0.25) is 0 Å². The Bertz CT molecular complexity index is 783. The van der Waals surface area contributed by atoms with Gasteiger partial charge in [-0.25, -0.2) is 9.59 Å². The van der Waals surface area contributed by atoms with Gasteiger partial charge in [0.2, 0.25) is 0 Å². The molecule has 0 aliphatic carbocycles. The van der Waals surface area contributed by atoms with Gasteiger partial charge in [0.15, 0.2) is 0 Å². The van der Waals surface area contributed by atoms with Crippen LogP contribution >= 0.6 is 27.5 Å². The average molecular weight is 413 g/mol. The molecule has 2 rings (SSSR count). The van der Waals surface area contributed by atoms with Gasteiger partial charge < -0.3 is 14.4 Å². The van der Waals surface area contributed by atoms with Crippen molar-refractivity contribution in [1.29, 1.82) is 0 Å². The predicted molar refractivity (Wildman–Crippen MR) is 95.7 cm³/mol. The zero-order valence-corrected chi connectivity index (χ0v) is 15.6. The Kier molecular flexibility index (Phi) is 5.85. The van der Waals surface area contributed by atoms with Crippen molar-refractivity contribution in [2.75, 3.05) is 19.1 Å². The van der Waals surface area contributed by atoms with Crippen LogP contribution in [0.25, 0.3) is 0 Å². The molecule has 1 aliphatic heterocycles. The molecule has 0 aromatic heterocycles. The number of anilines is 1. The molecule has 0 N–H and O–H groups in total. The van der Waals surface area contributed by atoms with E-state index in [0.29, 0.717) is 10.7 Å². The zero-order chi connectivity index (χ0) is 17.9. The molecule has 0 amide bonds. The third-order valence-electron chi connectivity index (χ3n) is 3.46. The second kappa shape index (κ2) is 7.68. The molecule has 0 spiro atoms. The highest BCUT2D eigenvalue weighted by atomic mass is 79.9. The van der Waals surface area contributed by atoms with E-state index >= 15 is 0 Å². The Hall–Kier alpha value is -2.05. The number of hydrogen-bond donors (Lipinski definition) is 0. The van der Waals surface area contributed by atoms with Gasteiger partial charge in [0.05, 0.1) is 30.5 Å². The SMILES string of the molecule is COC(=O)C1=C(C(=O)OC)N(c2ccc(Br)c(Cl)c2C)C=CC=C1. The molecule has 24 heavy (non-hydrogen) atoms. The van der Waals surface area contributed by atoms with Crippen LogP contribution in [0.3, 0.4) is 0 Å². The summed E-state index contributed by atoms with van der Waals surface area (Å²) in [6.07, 6.45) is 6.51. The van der Waals surface area contributed by atoms with Crippen molar-refractivity contribution in [2.45, 2.75) is 6.92 Å². The first-order valence-electron chi connectivity index (χ1n) is 6.92. The van der Waals surface area contributed by atoms with E-state index in [1.807, 2.05) is 6.92 Å². The van der Waals surface area contributed by atoms with Gasteiger partial charge in [-0.2, -0.15) is 0 Å². The Morgan fingerprint density at radius 2 is 1.79 bits per heavy atom. The van der Waals surface area contributed by atoms with Crippen molar-refractivity contribution in [2.24, 2.45) is 0 Å². The van der Waals surface area contributed by atoms with Crippen molar-refractivity contribution in [1.82, 2.24) is 0 Å². The van der Waals surface area contributed by atoms with Gasteiger partial charge in [-0.1, -0.05) is 17.7 Å². The van der Waals surface area contributed by atoms with Crippen molar-refractivity contribution >= 4 is 45.2 Å². The molecule has 0 atom stereocenters. The van der Waals surface area contributed by atoms with Crippen LogP contribution in [0.15, 0.2) is 52.3 Å². The molecule has 0 fully saturated rings. The number of rotatable bonds is 3. The van der Waals surface area contributed by atoms with E-state index in [0.717, 1.165) is 10.0 Å². The van der Waals surface area contributed by atoms with E-state index in [1.165, 1.54) is 20.3 Å². The normalized spacial score (nSPS) is 13.8. The van der Waals surface area contributed by atoms with Crippen LogP contribution in [0.2, 0.25) is 5.02 Å². The lowest BCUT2D eigenvalue weighted by atomic mass is 10.1. The van der Waals surface area contributed by atoms with Crippen molar-refractivity contribution < 1.29 is 19.1 Å². The van der Waals surface area contributed by atoms with Gasteiger partial charge in [0.25, 0.3) is 0 Å². The quantitative estimate of drug-likeness (QED) is 0.705. The summed E-state index contributed by atoms with van der Waals surface area (Å²) in [4.78, 5) is 26.0. The Morgan fingerprint density at radius 1 is 1.12 bits per heavy atom. The highest BCUT2D eigenvalue weighted by Gasteiger charge is 2.28. The minimum absolute atomic E-state index is 0.0517. The van der Waals surface area contributed by atoms with Crippen LogP contribution in [0, 0.1) is 6.92 Å². The number of methoxy groups -OCH3 is 2. The van der Waals surface area contributed by atoms with Crippen LogP contribution in [-0.4, -0.2) is 26.2 Å². The third kappa shape index (κ3) is 3.39. The molecule has 7 heteroatoms. The fourth-order valence-corrected chi connectivity index (χ4v) is 2.84. The summed E-state index contributed by atoms with van der Waals surface area (Å²) < 4.78 is 10.4. The first kappa shape index (κ1) is 18.3. The molecule has 0 radical (unpaired) electrons. The smallest absolute Gasteiger partial charge is 0.355 e. The van der Waals surface area contributed by atoms with E-state index in [-0.39, 0.29) is 11.3 Å². The van der Waals surface area contributed by atoms with E-state index in [9.17, 15) is 9.59 Å². The van der Waals surface area contributed by atoms with Gasteiger partial charge >= 0.3 is 11.9 Å². The maximum Gasteiger partial charge on any atom is 0.355 e. The Balaban J connectivity index is 2.73. The fraction of sp³-hybridized carbons (Fsp3) is 0.176. The van der Waals surface area contributed by atoms with Crippen LogP contribution in [0.1, 0.15) is 5.56 Å². The number of benzene rings is 1. The molecule has 5 nitrogen and oxygen atoms in total. The molecule has 0 bridgehead atoms. The third-order valence-corrected chi connectivity index (χ3v) is 4.84. The highest BCUT2D eigenvalue weighted by Crippen LogP contribution is 2.36. The van der Waals surface area contributed by atoms with Crippen molar-refractivity contribution in [3.63, 3.8) is 0 Å². The number of ether oxygens (including phenoxy) is 2. The molecule has 1 aromatic rings. The predicted octanol–water partition coefficient (Wildman–Crippen LogP) is 3.90. The first-order valence-corrected chi connectivity index (χ1v) is 8.09. The fourth-order valence-electron chi connectivity index (χ4n) is 2.25. The minimum Gasteiger partial charge on any atom is -0.465 e. The summed E-state index contributed by atoms with van der Waals surface area (Å²) in [7, 11) is 2.50. The van der Waals surface area contributed by atoms with Gasteiger partial charge in [0.1, 0.15) is 5.70 Å². The lowest BCUT2D eigenvalue weighted by Crippen LogP contribution is -2.27. The molecule has 1 heterocycles. The van der Waals surface area contributed by atoms with Crippen LogP contribution in [-0.2, 0) is 19.1 Å². The maximum absolute atomic E-state index is 12.4. The lowest BCUT2D eigenvalue weighted by Gasteiger charge is -2.25. The van der Waals surface area contributed by atoms with E-state index in [1.54, 1.807) is 35.4 Å².